The summed E-state index contributed by atoms with van der Waals surface area (Å²) in [5.41, 5.74) is 10.2. The zero-order valence-corrected chi connectivity index (χ0v) is 20.6. The van der Waals surface area contributed by atoms with E-state index in [1.54, 1.807) is 7.11 Å². The number of hydrogen-bond donors (Lipinski definition) is 1. The fourth-order valence-corrected chi connectivity index (χ4v) is 10.2. The molecule has 0 aliphatic carbocycles. The SMILES string of the molecule is COc1ccc(-c2[nH]c3ccc(C#N)cc3c2C#C[Si](C(C)C)(C(C)C)C(C)C)cc1. The van der Waals surface area contributed by atoms with Crippen LogP contribution in [0.25, 0.3) is 22.2 Å². The van der Waals surface area contributed by atoms with Crippen molar-refractivity contribution in [2.75, 3.05) is 7.11 Å². The van der Waals surface area contributed by atoms with E-state index in [4.69, 9.17) is 4.74 Å². The van der Waals surface area contributed by atoms with Gasteiger partial charge >= 0.3 is 0 Å². The van der Waals surface area contributed by atoms with Crippen LogP contribution in [0.2, 0.25) is 16.6 Å². The first-order valence-corrected chi connectivity index (χ1v) is 13.2. The van der Waals surface area contributed by atoms with Crippen molar-refractivity contribution >= 4 is 19.0 Å². The minimum Gasteiger partial charge on any atom is -0.497 e. The highest BCUT2D eigenvalue weighted by Crippen LogP contribution is 2.41. The number of aromatic amines is 1. The second-order valence-electron chi connectivity index (χ2n) is 9.12. The van der Waals surface area contributed by atoms with Crippen molar-refractivity contribution in [3.05, 3.63) is 53.6 Å². The first kappa shape index (κ1) is 22.7. The highest BCUT2D eigenvalue weighted by molar-refractivity contribution is 6.90. The molecule has 4 heteroatoms. The monoisotopic (exact) mass is 428 g/mol. The molecule has 3 nitrogen and oxygen atoms in total. The molecule has 1 aromatic heterocycles. The van der Waals surface area contributed by atoms with Crippen LogP contribution in [0.5, 0.6) is 5.75 Å². The largest absolute Gasteiger partial charge is 0.497 e. The lowest BCUT2D eigenvalue weighted by Gasteiger charge is -2.38. The molecule has 0 saturated carbocycles. The normalized spacial score (nSPS) is 11.6. The van der Waals surface area contributed by atoms with Crippen molar-refractivity contribution in [1.29, 1.82) is 5.26 Å². The molecule has 0 atom stereocenters. The zero-order chi connectivity index (χ0) is 22.8. The van der Waals surface area contributed by atoms with Crippen LogP contribution in [0.1, 0.15) is 52.7 Å². The fourth-order valence-electron chi connectivity index (χ4n) is 4.97. The molecular weight excluding hydrogens is 396 g/mol. The van der Waals surface area contributed by atoms with E-state index in [1.165, 1.54) is 0 Å². The van der Waals surface area contributed by atoms with E-state index in [-0.39, 0.29) is 0 Å². The van der Waals surface area contributed by atoms with Gasteiger partial charge in [-0.3, -0.25) is 0 Å². The van der Waals surface area contributed by atoms with Crippen LogP contribution < -0.4 is 4.74 Å². The molecule has 3 aromatic rings. The number of nitrogens with zero attached hydrogens (tertiary/aromatic N) is 1. The van der Waals surface area contributed by atoms with E-state index in [1.807, 2.05) is 30.3 Å². The van der Waals surface area contributed by atoms with Crippen molar-refractivity contribution in [3.63, 3.8) is 0 Å². The lowest BCUT2D eigenvalue weighted by molar-refractivity contribution is 0.415. The Morgan fingerprint density at radius 3 is 2.03 bits per heavy atom. The number of aromatic nitrogens is 1. The smallest absolute Gasteiger partial charge is 0.146 e. The molecule has 0 amide bonds. The summed E-state index contributed by atoms with van der Waals surface area (Å²) in [4.78, 5) is 3.56. The summed E-state index contributed by atoms with van der Waals surface area (Å²) in [6.07, 6.45) is 0. The lowest BCUT2D eigenvalue weighted by atomic mass is 10.0. The summed E-state index contributed by atoms with van der Waals surface area (Å²) in [6.45, 7) is 14.0. The van der Waals surface area contributed by atoms with E-state index in [2.05, 4.69) is 76.2 Å². The Morgan fingerprint density at radius 1 is 0.903 bits per heavy atom. The number of nitriles is 1. The van der Waals surface area contributed by atoms with Crippen molar-refractivity contribution in [1.82, 2.24) is 4.98 Å². The maximum absolute atomic E-state index is 9.44. The molecule has 31 heavy (non-hydrogen) atoms. The maximum atomic E-state index is 9.44. The van der Waals surface area contributed by atoms with Crippen LogP contribution in [-0.4, -0.2) is 20.2 Å². The number of fused-ring (bicyclic) bond motifs is 1. The summed E-state index contributed by atoms with van der Waals surface area (Å²) < 4.78 is 5.33. The van der Waals surface area contributed by atoms with E-state index in [0.717, 1.165) is 33.5 Å². The molecule has 0 aliphatic rings. The summed E-state index contributed by atoms with van der Waals surface area (Å²) >= 11 is 0. The number of hydrogen-bond acceptors (Lipinski definition) is 2. The number of nitrogens with one attached hydrogen (secondary N) is 1. The molecule has 0 unspecified atom stereocenters. The Balaban J connectivity index is 2.29. The molecule has 0 bridgehead atoms. The summed E-state index contributed by atoms with van der Waals surface area (Å²) in [5, 5.41) is 10.5. The summed E-state index contributed by atoms with van der Waals surface area (Å²) in [6, 6.07) is 16.1. The molecule has 0 spiro atoms. The molecule has 0 radical (unpaired) electrons. The Hall–Kier alpha value is -2.95. The van der Waals surface area contributed by atoms with Crippen molar-refractivity contribution < 1.29 is 4.74 Å². The third kappa shape index (κ3) is 4.14. The maximum Gasteiger partial charge on any atom is 0.146 e. The van der Waals surface area contributed by atoms with Crippen LogP contribution >= 0.6 is 0 Å². The van der Waals surface area contributed by atoms with Gasteiger partial charge in [0.05, 0.1) is 30.0 Å². The quantitative estimate of drug-likeness (QED) is 0.343. The zero-order valence-electron chi connectivity index (χ0n) is 19.6. The standard InChI is InChI=1S/C27H32N2OSi/c1-18(2)31(19(3)4,20(5)6)15-14-24-25-16-21(17-28)8-13-26(25)29-27(24)22-9-11-23(30-7)12-10-22/h8-13,16,18-20,29H,1-7H3. The second kappa shape index (κ2) is 9.04. The molecule has 0 saturated heterocycles. The second-order valence-corrected chi connectivity index (χ2v) is 14.7. The average molecular weight is 429 g/mol. The average Bonchev–Trinajstić information content (AvgIpc) is 3.11. The van der Waals surface area contributed by atoms with Gasteiger partial charge in [-0.25, -0.2) is 0 Å². The molecule has 0 fully saturated rings. The first-order chi connectivity index (χ1) is 14.7. The first-order valence-electron chi connectivity index (χ1n) is 11.0. The van der Waals surface area contributed by atoms with Gasteiger partial charge in [0.1, 0.15) is 13.8 Å². The van der Waals surface area contributed by atoms with Crippen molar-refractivity contribution in [2.24, 2.45) is 0 Å². The number of H-pyrrole nitrogens is 1. The Bertz CT molecular complexity index is 1150. The topological polar surface area (TPSA) is 48.8 Å². The van der Waals surface area contributed by atoms with Gasteiger partial charge < -0.3 is 9.72 Å². The van der Waals surface area contributed by atoms with Crippen LogP contribution in [0.3, 0.4) is 0 Å². The van der Waals surface area contributed by atoms with E-state index in [0.29, 0.717) is 22.2 Å². The molecule has 2 aromatic carbocycles. The minimum atomic E-state index is -1.89. The van der Waals surface area contributed by atoms with Crippen LogP contribution in [0, 0.1) is 22.8 Å². The predicted octanol–water partition coefficient (Wildman–Crippen LogP) is 7.28. The van der Waals surface area contributed by atoms with Gasteiger partial charge in [0.25, 0.3) is 0 Å². The Labute approximate surface area is 187 Å². The van der Waals surface area contributed by atoms with Gasteiger partial charge in [0.2, 0.25) is 0 Å². The van der Waals surface area contributed by atoms with Gasteiger partial charge in [0, 0.05) is 10.9 Å². The van der Waals surface area contributed by atoms with Gasteiger partial charge in [-0.05, 0) is 64.7 Å². The van der Waals surface area contributed by atoms with Crippen LogP contribution in [0.15, 0.2) is 42.5 Å². The predicted molar refractivity (Wildman–Crippen MR) is 133 cm³/mol. The van der Waals surface area contributed by atoms with Gasteiger partial charge in [-0.2, -0.15) is 5.26 Å². The summed E-state index contributed by atoms with van der Waals surface area (Å²) in [5.74, 6) is 4.46. The van der Waals surface area contributed by atoms with Gasteiger partial charge in [-0.15, -0.1) is 5.54 Å². The highest BCUT2D eigenvalue weighted by Gasteiger charge is 2.41. The number of ether oxygens (including phenoxy) is 1. The number of rotatable bonds is 5. The molecule has 160 valence electrons. The highest BCUT2D eigenvalue weighted by atomic mass is 28.3. The summed E-state index contributed by atoms with van der Waals surface area (Å²) in [7, 11) is -0.219. The molecule has 1 N–H and O–H groups in total. The van der Waals surface area contributed by atoms with Crippen LogP contribution in [-0.2, 0) is 0 Å². The van der Waals surface area contributed by atoms with Gasteiger partial charge in [-0.1, -0.05) is 47.5 Å². The Kier molecular flexibility index (Phi) is 6.63. The van der Waals surface area contributed by atoms with E-state index in [9.17, 15) is 5.26 Å². The van der Waals surface area contributed by atoms with E-state index < -0.39 is 8.07 Å². The van der Waals surface area contributed by atoms with E-state index >= 15 is 0 Å². The van der Waals surface area contributed by atoms with Crippen molar-refractivity contribution in [2.45, 2.75) is 58.2 Å². The third-order valence-corrected chi connectivity index (χ3v) is 12.9. The number of benzene rings is 2. The number of methoxy groups -OCH3 is 1. The lowest BCUT2D eigenvalue weighted by Crippen LogP contribution is -2.43. The molecule has 1 heterocycles. The molecule has 0 aliphatic heterocycles. The van der Waals surface area contributed by atoms with Crippen molar-refractivity contribution in [3.8, 4) is 34.5 Å². The van der Waals surface area contributed by atoms with Gasteiger partial charge in [0.15, 0.2) is 0 Å². The fraction of sp³-hybridized carbons (Fsp3) is 0.370. The molecule has 3 rings (SSSR count). The third-order valence-electron chi connectivity index (χ3n) is 6.58. The minimum absolute atomic E-state index is 0.560. The molecular formula is C27H32N2OSi. The van der Waals surface area contributed by atoms with Crippen LogP contribution in [0.4, 0.5) is 0 Å². The Morgan fingerprint density at radius 2 is 1.52 bits per heavy atom.